The predicted molar refractivity (Wildman–Crippen MR) is 268 cm³/mol. The van der Waals surface area contributed by atoms with Crippen molar-refractivity contribution in [1.82, 2.24) is 4.57 Å². The highest BCUT2D eigenvalue weighted by Crippen LogP contribution is 2.48. The molecule has 0 bridgehead atoms. The van der Waals surface area contributed by atoms with Crippen LogP contribution < -0.4 is 4.90 Å². The molecule has 0 atom stereocenters. The van der Waals surface area contributed by atoms with Gasteiger partial charge in [-0.3, -0.25) is 0 Å². The van der Waals surface area contributed by atoms with Crippen LogP contribution in [0.4, 0.5) is 17.1 Å². The van der Waals surface area contributed by atoms with Crippen LogP contribution in [-0.4, -0.2) is 4.57 Å². The van der Waals surface area contributed by atoms with Crippen molar-refractivity contribution in [2.75, 3.05) is 4.90 Å². The molecular formula is C60H36N2O2. The number of para-hydroxylation sites is 4. The van der Waals surface area contributed by atoms with E-state index in [9.17, 15) is 0 Å². The second-order valence-electron chi connectivity index (χ2n) is 16.8. The Hall–Kier alpha value is -8.60. The van der Waals surface area contributed by atoms with Gasteiger partial charge >= 0.3 is 0 Å². The van der Waals surface area contributed by atoms with E-state index in [1.165, 1.54) is 43.1 Å². The molecule has 0 aliphatic heterocycles. The minimum absolute atomic E-state index is 0.848. The van der Waals surface area contributed by atoms with E-state index < -0.39 is 0 Å². The van der Waals surface area contributed by atoms with Crippen molar-refractivity contribution >= 4 is 115 Å². The largest absolute Gasteiger partial charge is 0.456 e. The number of hydrogen-bond donors (Lipinski definition) is 0. The molecule has 0 aliphatic rings. The van der Waals surface area contributed by atoms with Crippen LogP contribution in [-0.2, 0) is 0 Å². The number of hydrogen-bond acceptors (Lipinski definition) is 3. The van der Waals surface area contributed by atoms with E-state index in [0.29, 0.717) is 0 Å². The summed E-state index contributed by atoms with van der Waals surface area (Å²) in [6.45, 7) is 0. The van der Waals surface area contributed by atoms with E-state index in [2.05, 4.69) is 210 Å². The Labute approximate surface area is 367 Å². The molecule has 298 valence electrons. The van der Waals surface area contributed by atoms with Gasteiger partial charge in [0.2, 0.25) is 0 Å². The Morgan fingerprint density at radius 2 is 0.812 bits per heavy atom. The molecule has 3 heterocycles. The molecule has 0 unspecified atom stereocenters. The molecule has 0 fully saturated rings. The summed E-state index contributed by atoms with van der Waals surface area (Å²) in [7, 11) is 0. The Morgan fingerprint density at radius 3 is 1.55 bits per heavy atom. The number of rotatable bonds is 5. The molecular weight excluding hydrogens is 781 g/mol. The van der Waals surface area contributed by atoms with Crippen molar-refractivity contribution in [3.05, 3.63) is 218 Å². The fourth-order valence-corrected chi connectivity index (χ4v) is 10.6. The van der Waals surface area contributed by atoms with Crippen molar-refractivity contribution < 1.29 is 8.83 Å². The van der Waals surface area contributed by atoms with Crippen LogP contribution in [0.15, 0.2) is 227 Å². The summed E-state index contributed by atoms with van der Waals surface area (Å²) in [5.41, 5.74) is 12.2. The first-order chi connectivity index (χ1) is 31.7. The highest BCUT2D eigenvalue weighted by molar-refractivity contribution is 6.28. The minimum Gasteiger partial charge on any atom is -0.456 e. The maximum atomic E-state index is 6.73. The molecule has 4 nitrogen and oxygen atoms in total. The van der Waals surface area contributed by atoms with E-state index >= 15 is 0 Å². The van der Waals surface area contributed by atoms with Crippen LogP contribution in [0.5, 0.6) is 0 Å². The van der Waals surface area contributed by atoms with E-state index in [0.717, 1.165) is 88.8 Å². The van der Waals surface area contributed by atoms with E-state index in [4.69, 9.17) is 8.83 Å². The van der Waals surface area contributed by atoms with Crippen molar-refractivity contribution in [3.63, 3.8) is 0 Å². The molecule has 4 heteroatoms. The Kier molecular flexibility index (Phi) is 7.36. The third kappa shape index (κ3) is 5.05. The zero-order valence-electron chi connectivity index (χ0n) is 34.5. The number of aromatic nitrogens is 1. The first kappa shape index (κ1) is 35.0. The summed E-state index contributed by atoms with van der Waals surface area (Å²) in [6, 6.07) is 78.5. The average Bonchev–Trinajstić information content (AvgIpc) is 4.03. The molecule has 64 heavy (non-hydrogen) atoms. The fraction of sp³-hybridized carbons (Fsp3) is 0. The van der Waals surface area contributed by atoms with Gasteiger partial charge in [0.1, 0.15) is 22.3 Å². The van der Waals surface area contributed by atoms with Crippen molar-refractivity contribution in [2.45, 2.75) is 0 Å². The molecule has 11 aromatic carbocycles. The van der Waals surface area contributed by atoms with E-state index in [1.807, 2.05) is 18.2 Å². The van der Waals surface area contributed by atoms with Crippen LogP contribution in [0.25, 0.3) is 115 Å². The van der Waals surface area contributed by atoms with Gasteiger partial charge in [0.25, 0.3) is 0 Å². The first-order valence-electron chi connectivity index (χ1n) is 21.8. The van der Waals surface area contributed by atoms with Gasteiger partial charge in [-0.05, 0) is 117 Å². The molecule has 0 saturated carbocycles. The molecule has 0 saturated heterocycles. The number of furan rings is 2. The lowest BCUT2D eigenvalue weighted by Gasteiger charge is -2.26. The number of nitrogens with zero attached hydrogens (tertiary/aromatic N) is 2. The number of anilines is 3. The normalized spacial score (nSPS) is 12.1. The quantitative estimate of drug-likeness (QED) is 0.162. The second-order valence-corrected chi connectivity index (χ2v) is 16.8. The van der Waals surface area contributed by atoms with Gasteiger partial charge in [-0.15, -0.1) is 0 Å². The van der Waals surface area contributed by atoms with Gasteiger partial charge in [0.05, 0.1) is 11.0 Å². The van der Waals surface area contributed by atoms with Crippen LogP contribution in [0.1, 0.15) is 0 Å². The molecule has 0 N–H and O–H groups in total. The highest BCUT2D eigenvalue weighted by atomic mass is 16.3. The molecule has 0 spiro atoms. The molecule has 0 amide bonds. The SMILES string of the molecule is c1ccc(N(c2ccc(-n3c4ccccc4c4c(-c5ccc6c(c5)oc5ccccc56)c5c(cc43)oc3ccccc35)cc2)c2ccc3c4ccccc4c4ccccc4c3c2)cc1. The van der Waals surface area contributed by atoms with Crippen molar-refractivity contribution in [3.8, 4) is 16.8 Å². The Balaban J connectivity index is 0.983. The van der Waals surface area contributed by atoms with Gasteiger partial charge in [0, 0.05) is 66.7 Å². The summed E-state index contributed by atoms with van der Waals surface area (Å²) in [4.78, 5) is 2.36. The summed E-state index contributed by atoms with van der Waals surface area (Å²) in [6.07, 6.45) is 0. The maximum absolute atomic E-state index is 6.73. The monoisotopic (exact) mass is 816 g/mol. The molecule has 14 aromatic rings. The standard InChI is InChI=1S/C60H36N2O2/c1-2-14-38(15-3-1)61(41-31-33-46-44-18-5-4-16-42(44)43-17-6-7-19-45(43)51(46)35-41)39-27-29-40(30-28-39)62-52-23-11-8-21-49(52)59-53(62)36-57-60(50-22-10-13-25-55(50)64-57)58(59)37-26-32-48-47-20-9-12-24-54(47)63-56(48)34-37/h1-36H. The molecule has 14 rings (SSSR count). The van der Waals surface area contributed by atoms with Crippen LogP contribution in [0.3, 0.4) is 0 Å². The Bertz CT molecular complexity index is 4160. The summed E-state index contributed by atoms with van der Waals surface area (Å²) in [5, 5.41) is 14.3. The average molecular weight is 817 g/mol. The predicted octanol–water partition coefficient (Wildman–Crippen LogP) is 17.2. The topological polar surface area (TPSA) is 34.5 Å². The van der Waals surface area contributed by atoms with Crippen molar-refractivity contribution in [2.24, 2.45) is 0 Å². The van der Waals surface area contributed by atoms with Gasteiger partial charge < -0.3 is 18.3 Å². The number of benzene rings is 11. The zero-order chi connectivity index (χ0) is 41.9. The molecule has 0 radical (unpaired) electrons. The lowest BCUT2D eigenvalue weighted by molar-refractivity contribution is 0.668. The van der Waals surface area contributed by atoms with Crippen LogP contribution in [0.2, 0.25) is 0 Å². The maximum Gasteiger partial charge on any atom is 0.138 e. The van der Waals surface area contributed by atoms with E-state index in [-0.39, 0.29) is 0 Å². The van der Waals surface area contributed by atoms with Crippen molar-refractivity contribution in [1.29, 1.82) is 0 Å². The summed E-state index contributed by atoms with van der Waals surface area (Å²) < 4.78 is 15.6. The fourth-order valence-electron chi connectivity index (χ4n) is 10.6. The van der Waals surface area contributed by atoms with Crippen LogP contribution >= 0.6 is 0 Å². The van der Waals surface area contributed by atoms with Gasteiger partial charge in [-0.2, -0.15) is 0 Å². The highest BCUT2D eigenvalue weighted by Gasteiger charge is 2.24. The number of fused-ring (bicyclic) bond motifs is 15. The van der Waals surface area contributed by atoms with Gasteiger partial charge in [0.15, 0.2) is 0 Å². The molecule has 3 aromatic heterocycles. The lowest BCUT2D eigenvalue weighted by atomic mass is 9.93. The molecule has 0 aliphatic carbocycles. The summed E-state index contributed by atoms with van der Waals surface area (Å²) in [5.74, 6) is 0. The first-order valence-corrected chi connectivity index (χ1v) is 21.8. The third-order valence-corrected chi connectivity index (χ3v) is 13.3. The second kappa shape index (κ2) is 13.4. The minimum atomic E-state index is 0.848. The third-order valence-electron chi connectivity index (χ3n) is 13.3. The lowest BCUT2D eigenvalue weighted by Crippen LogP contribution is -2.10. The Morgan fingerprint density at radius 1 is 0.297 bits per heavy atom. The van der Waals surface area contributed by atoms with Crippen LogP contribution in [0, 0.1) is 0 Å². The zero-order valence-corrected chi connectivity index (χ0v) is 34.5. The van der Waals surface area contributed by atoms with E-state index in [1.54, 1.807) is 0 Å². The summed E-state index contributed by atoms with van der Waals surface area (Å²) >= 11 is 0. The van der Waals surface area contributed by atoms with Gasteiger partial charge in [-0.25, -0.2) is 0 Å². The smallest absolute Gasteiger partial charge is 0.138 e. The van der Waals surface area contributed by atoms with Gasteiger partial charge in [-0.1, -0.05) is 133 Å².